The van der Waals surface area contributed by atoms with Gasteiger partial charge in [0.15, 0.2) is 5.75 Å². The Bertz CT molecular complexity index is 350. The minimum absolute atomic E-state index is 0.0464. The number of nitrogens with zero attached hydrogens (tertiary/aromatic N) is 1. The summed E-state index contributed by atoms with van der Waals surface area (Å²) in [5, 5.41) is 20.5. The number of hydrogen-bond donors (Lipinski definition) is 3. The van der Waals surface area contributed by atoms with Gasteiger partial charge in [-0.1, -0.05) is 0 Å². The van der Waals surface area contributed by atoms with Gasteiger partial charge in [0.2, 0.25) is 10.0 Å². The summed E-state index contributed by atoms with van der Waals surface area (Å²) in [6, 6.07) is 0.0464. The van der Waals surface area contributed by atoms with Crippen molar-refractivity contribution < 1.29 is 23.4 Å². The van der Waals surface area contributed by atoms with E-state index in [1.165, 1.54) is 0 Å². The average molecular weight is 266 g/mol. The summed E-state index contributed by atoms with van der Waals surface area (Å²) < 4.78 is 24.5. The highest BCUT2D eigenvalue weighted by Gasteiger charge is 2.28. The lowest BCUT2D eigenvalue weighted by molar-refractivity contribution is -0.134. The van der Waals surface area contributed by atoms with Gasteiger partial charge in [-0.3, -0.25) is 4.79 Å². The topological polar surface area (TPSA) is 107 Å². The molecule has 1 fully saturated rings. The first-order valence-corrected chi connectivity index (χ1v) is 7.10. The van der Waals surface area contributed by atoms with Gasteiger partial charge >= 0.3 is 5.97 Å². The van der Waals surface area contributed by atoms with E-state index in [-0.39, 0.29) is 25.7 Å². The summed E-state index contributed by atoms with van der Waals surface area (Å²) in [4.78, 5) is 10.5. The van der Waals surface area contributed by atoms with Gasteiger partial charge in [0.05, 0.1) is 6.61 Å². The van der Waals surface area contributed by atoms with Crippen LogP contribution < -0.4 is 5.32 Å². The number of aliphatic hydroxyl groups is 1. The number of aliphatic carboxylic acids is 1. The Kier molecular flexibility index (Phi) is 5.31. The van der Waals surface area contributed by atoms with Crippen LogP contribution in [0.25, 0.3) is 0 Å². The molecule has 1 aliphatic heterocycles. The number of rotatable bonds is 7. The van der Waals surface area contributed by atoms with E-state index < -0.39 is 21.7 Å². The second kappa shape index (κ2) is 6.29. The SMILES string of the molecule is O=C(O)CS(=O)(=O)N(CCO)CC1CCCN1. The van der Waals surface area contributed by atoms with Crippen molar-refractivity contribution >= 4 is 16.0 Å². The Balaban J connectivity index is 2.65. The normalized spacial score (nSPS) is 20.9. The number of carboxylic acid groups (broad SMARTS) is 1. The molecular weight excluding hydrogens is 248 g/mol. The molecular formula is C9H18N2O5S. The molecule has 7 nitrogen and oxygen atoms in total. The molecule has 0 aromatic rings. The van der Waals surface area contributed by atoms with E-state index in [9.17, 15) is 13.2 Å². The van der Waals surface area contributed by atoms with Crippen LogP contribution in [0.5, 0.6) is 0 Å². The first-order valence-electron chi connectivity index (χ1n) is 5.49. The standard InChI is InChI=1S/C9H18N2O5S/c12-5-4-11(6-8-2-1-3-10-8)17(15,16)7-9(13)14/h8,10,12H,1-7H2,(H,13,14). The molecule has 1 rings (SSSR count). The number of carboxylic acids is 1. The van der Waals surface area contributed by atoms with Crippen LogP contribution in [0, 0.1) is 0 Å². The molecule has 0 aromatic carbocycles. The first-order chi connectivity index (χ1) is 7.95. The number of sulfonamides is 1. The number of hydrogen-bond acceptors (Lipinski definition) is 5. The van der Waals surface area contributed by atoms with E-state index in [1.807, 2.05) is 0 Å². The van der Waals surface area contributed by atoms with Crippen molar-refractivity contribution in [2.24, 2.45) is 0 Å². The molecule has 8 heteroatoms. The van der Waals surface area contributed by atoms with Crippen LogP contribution in [0.3, 0.4) is 0 Å². The summed E-state index contributed by atoms with van der Waals surface area (Å²) in [5.41, 5.74) is 0. The van der Waals surface area contributed by atoms with Gasteiger partial charge in [0, 0.05) is 19.1 Å². The third kappa shape index (κ3) is 4.58. The van der Waals surface area contributed by atoms with Crippen LogP contribution in [0.1, 0.15) is 12.8 Å². The molecule has 1 saturated heterocycles. The fourth-order valence-corrected chi connectivity index (χ4v) is 3.12. The van der Waals surface area contributed by atoms with Crippen molar-refractivity contribution in [3.05, 3.63) is 0 Å². The quantitative estimate of drug-likeness (QED) is 0.515. The van der Waals surface area contributed by atoms with Crippen LogP contribution in [-0.4, -0.2) is 66.9 Å². The number of carbonyl (C=O) groups is 1. The minimum Gasteiger partial charge on any atom is -0.480 e. The fourth-order valence-electron chi connectivity index (χ4n) is 1.86. The molecule has 17 heavy (non-hydrogen) atoms. The van der Waals surface area contributed by atoms with Crippen molar-refractivity contribution in [2.45, 2.75) is 18.9 Å². The van der Waals surface area contributed by atoms with Gasteiger partial charge in [-0.05, 0) is 19.4 Å². The Morgan fingerprint density at radius 2 is 2.18 bits per heavy atom. The second-order valence-corrected chi connectivity index (χ2v) is 5.99. The molecule has 3 N–H and O–H groups in total. The monoisotopic (exact) mass is 266 g/mol. The van der Waals surface area contributed by atoms with E-state index in [1.54, 1.807) is 0 Å². The molecule has 0 aliphatic carbocycles. The Hall–Kier alpha value is -0.700. The van der Waals surface area contributed by atoms with Gasteiger partial charge in [-0.2, -0.15) is 4.31 Å². The van der Waals surface area contributed by atoms with E-state index in [2.05, 4.69) is 5.32 Å². The molecule has 0 spiro atoms. The van der Waals surface area contributed by atoms with Gasteiger partial charge in [0.1, 0.15) is 0 Å². The molecule has 1 unspecified atom stereocenters. The van der Waals surface area contributed by atoms with Crippen LogP contribution in [-0.2, 0) is 14.8 Å². The maximum Gasteiger partial charge on any atom is 0.320 e. The maximum absolute atomic E-state index is 11.7. The molecule has 0 amide bonds. The van der Waals surface area contributed by atoms with Crippen molar-refractivity contribution in [1.29, 1.82) is 0 Å². The Morgan fingerprint density at radius 1 is 1.47 bits per heavy atom. The molecule has 0 aromatic heterocycles. The average Bonchev–Trinajstić information content (AvgIpc) is 2.67. The third-order valence-electron chi connectivity index (χ3n) is 2.64. The zero-order chi connectivity index (χ0) is 12.9. The fraction of sp³-hybridized carbons (Fsp3) is 0.889. The Labute approximate surface area is 100 Å². The van der Waals surface area contributed by atoms with E-state index in [0.29, 0.717) is 0 Å². The maximum atomic E-state index is 11.7. The van der Waals surface area contributed by atoms with Gasteiger partial charge in [-0.15, -0.1) is 0 Å². The molecule has 1 atom stereocenters. The van der Waals surface area contributed by atoms with Gasteiger partial charge < -0.3 is 15.5 Å². The smallest absolute Gasteiger partial charge is 0.320 e. The van der Waals surface area contributed by atoms with Crippen LogP contribution in [0.15, 0.2) is 0 Å². The molecule has 100 valence electrons. The van der Waals surface area contributed by atoms with Crippen molar-refractivity contribution in [3.8, 4) is 0 Å². The highest BCUT2D eigenvalue weighted by Crippen LogP contribution is 2.10. The lowest BCUT2D eigenvalue weighted by Gasteiger charge is -2.23. The van der Waals surface area contributed by atoms with E-state index in [0.717, 1.165) is 23.7 Å². The lowest BCUT2D eigenvalue weighted by Crippen LogP contribution is -2.44. The van der Waals surface area contributed by atoms with Gasteiger partial charge in [0.25, 0.3) is 0 Å². The van der Waals surface area contributed by atoms with Crippen LogP contribution in [0.4, 0.5) is 0 Å². The predicted octanol–water partition coefficient (Wildman–Crippen LogP) is -1.55. The summed E-state index contributed by atoms with van der Waals surface area (Å²) in [5.74, 6) is -2.31. The zero-order valence-electron chi connectivity index (χ0n) is 9.50. The zero-order valence-corrected chi connectivity index (χ0v) is 10.3. The largest absolute Gasteiger partial charge is 0.480 e. The van der Waals surface area contributed by atoms with Gasteiger partial charge in [-0.25, -0.2) is 8.42 Å². The summed E-state index contributed by atoms with van der Waals surface area (Å²) >= 11 is 0. The van der Waals surface area contributed by atoms with Crippen molar-refractivity contribution in [1.82, 2.24) is 9.62 Å². The van der Waals surface area contributed by atoms with E-state index in [4.69, 9.17) is 10.2 Å². The molecule has 0 bridgehead atoms. The molecule has 1 aliphatic rings. The highest BCUT2D eigenvalue weighted by molar-refractivity contribution is 7.89. The summed E-state index contributed by atoms with van der Waals surface area (Å²) in [7, 11) is -3.84. The molecule has 1 heterocycles. The second-order valence-electron chi connectivity index (χ2n) is 4.02. The van der Waals surface area contributed by atoms with E-state index >= 15 is 0 Å². The first kappa shape index (κ1) is 14.4. The van der Waals surface area contributed by atoms with Crippen molar-refractivity contribution in [2.75, 3.05) is 32.0 Å². The molecule has 0 radical (unpaired) electrons. The predicted molar refractivity (Wildman–Crippen MR) is 61.1 cm³/mol. The minimum atomic E-state index is -3.84. The lowest BCUT2D eigenvalue weighted by atomic mass is 10.2. The molecule has 0 saturated carbocycles. The summed E-state index contributed by atoms with van der Waals surface area (Å²) in [6.07, 6.45) is 1.85. The van der Waals surface area contributed by atoms with Crippen molar-refractivity contribution in [3.63, 3.8) is 0 Å². The van der Waals surface area contributed by atoms with Crippen LogP contribution >= 0.6 is 0 Å². The summed E-state index contributed by atoms with van der Waals surface area (Å²) in [6.45, 7) is 0.687. The number of aliphatic hydroxyl groups excluding tert-OH is 1. The van der Waals surface area contributed by atoms with Crippen LogP contribution in [0.2, 0.25) is 0 Å². The Morgan fingerprint density at radius 3 is 2.65 bits per heavy atom. The highest BCUT2D eigenvalue weighted by atomic mass is 32.2. The third-order valence-corrected chi connectivity index (χ3v) is 4.37. The number of nitrogens with one attached hydrogen (secondary N) is 1.